The lowest BCUT2D eigenvalue weighted by Crippen LogP contribution is -2.72. The van der Waals surface area contributed by atoms with Gasteiger partial charge in [0.2, 0.25) is 0 Å². The third-order valence-corrected chi connectivity index (χ3v) is 6.06. The number of rotatable bonds is 4. The summed E-state index contributed by atoms with van der Waals surface area (Å²) in [7, 11) is 1.16. The normalized spacial score (nSPS) is 30.7. The SMILES string of the molecule is COC1(C(F)(F)F)CC2(CN(CC3CC3c3ccc(F)cc3)C2)C1. The monoisotopic (exact) mass is 343 g/mol. The third kappa shape index (κ3) is 2.54. The van der Waals surface area contributed by atoms with Crippen molar-refractivity contribution >= 4 is 0 Å². The van der Waals surface area contributed by atoms with Gasteiger partial charge in [0.1, 0.15) is 5.82 Å². The van der Waals surface area contributed by atoms with Crippen molar-refractivity contribution in [1.29, 1.82) is 0 Å². The van der Waals surface area contributed by atoms with Crippen LogP contribution >= 0.6 is 0 Å². The number of methoxy groups -OCH3 is 1. The number of likely N-dealkylation sites (tertiary alicyclic amines) is 1. The molecule has 3 aliphatic rings. The lowest BCUT2D eigenvalue weighted by Gasteiger charge is -2.63. The molecule has 1 spiro atoms. The largest absolute Gasteiger partial charge is 0.417 e. The van der Waals surface area contributed by atoms with Gasteiger partial charge in [-0.15, -0.1) is 0 Å². The van der Waals surface area contributed by atoms with E-state index in [-0.39, 0.29) is 24.1 Å². The Kier molecular flexibility index (Phi) is 3.52. The Hall–Kier alpha value is -1.14. The lowest BCUT2D eigenvalue weighted by molar-refractivity contribution is -0.340. The third-order valence-electron chi connectivity index (χ3n) is 6.06. The lowest BCUT2D eigenvalue weighted by atomic mass is 9.54. The number of hydrogen-bond donors (Lipinski definition) is 0. The van der Waals surface area contributed by atoms with Crippen molar-refractivity contribution in [2.24, 2.45) is 11.3 Å². The van der Waals surface area contributed by atoms with Gasteiger partial charge in [0.15, 0.2) is 5.60 Å². The van der Waals surface area contributed by atoms with Gasteiger partial charge >= 0.3 is 6.18 Å². The van der Waals surface area contributed by atoms with Crippen LogP contribution in [0.15, 0.2) is 24.3 Å². The van der Waals surface area contributed by atoms with Gasteiger partial charge in [0, 0.05) is 32.2 Å². The zero-order valence-corrected chi connectivity index (χ0v) is 13.6. The molecule has 1 saturated heterocycles. The van der Waals surface area contributed by atoms with E-state index in [1.807, 2.05) is 12.1 Å². The maximum absolute atomic E-state index is 13.1. The van der Waals surface area contributed by atoms with Crippen molar-refractivity contribution in [3.8, 4) is 0 Å². The molecular formula is C18H21F4NO. The Morgan fingerprint density at radius 2 is 1.79 bits per heavy atom. The zero-order chi connectivity index (χ0) is 17.2. The smallest absolute Gasteiger partial charge is 0.369 e. The van der Waals surface area contributed by atoms with E-state index in [9.17, 15) is 17.6 Å². The molecule has 1 aromatic carbocycles. The fraction of sp³-hybridized carbons (Fsp3) is 0.667. The van der Waals surface area contributed by atoms with E-state index in [2.05, 4.69) is 4.90 Å². The molecule has 0 amide bonds. The quantitative estimate of drug-likeness (QED) is 0.767. The average Bonchev–Trinajstić information content (AvgIpc) is 3.18. The number of ether oxygens (including phenoxy) is 1. The minimum atomic E-state index is -4.28. The Morgan fingerprint density at radius 1 is 1.17 bits per heavy atom. The number of nitrogens with zero attached hydrogens (tertiary/aromatic N) is 1. The molecule has 4 rings (SSSR count). The van der Waals surface area contributed by atoms with Crippen LogP contribution in [0.2, 0.25) is 0 Å². The van der Waals surface area contributed by atoms with Crippen LogP contribution in [-0.4, -0.2) is 43.4 Å². The van der Waals surface area contributed by atoms with E-state index in [1.165, 1.54) is 12.1 Å². The fourth-order valence-electron chi connectivity index (χ4n) is 4.77. The molecule has 0 bridgehead atoms. The molecule has 6 heteroatoms. The molecule has 2 unspecified atom stereocenters. The predicted octanol–water partition coefficient (Wildman–Crippen LogP) is 3.97. The summed E-state index contributed by atoms with van der Waals surface area (Å²) >= 11 is 0. The van der Waals surface area contributed by atoms with Crippen LogP contribution in [0.5, 0.6) is 0 Å². The highest BCUT2D eigenvalue weighted by atomic mass is 19.4. The van der Waals surface area contributed by atoms with E-state index >= 15 is 0 Å². The van der Waals surface area contributed by atoms with Gasteiger partial charge in [-0.25, -0.2) is 4.39 Å². The Balaban J connectivity index is 1.26. The minimum absolute atomic E-state index is 0.0859. The summed E-state index contributed by atoms with van der Waals surface area (Å²) in [5, 5.41) is 0. The van der Waals surface area contributed by atoms with Gasteiger partial charge in [0.25, 0.3) is 0 Å². The molecule has 0 radical (unpaired) electrons. The Morgan fingerprint density at radius 3 is 2.33 bits per heavy atom. The molecule has 1 aromatic rings. The van der Waals surface area contributed by atoms with Gasteiger partial charge in [-0.1, -0.05) is 12.1 Å². The fourth-order valence-corrected chi connectivity index (χ4v) is 4.77. The number of halogens is 4. The molecule has 0 aromatic heterocycles. The van der Waals surface area contributed by atoms with Crippen LogP contribution in [0.4, 0.5) is 17.6 Å². The number of hydrogen-bond acceptors (Lipinski definition) is 2. The van der Waals surface area contributed by atoms with E-state index in [4.69, 9.17) is 4.74 Å². The first-order valence-electron chi connectivity index (χ1n) is 8.36. The molecular weight excluding hydrogens is 322 g/mol. The molecule has 2 aliphatic carbocycles. The first-order valence-corrected chi connectivity index (χ1v) is 8.36. The average molecular weight is 343 g/mol. The van der Waals surface area contributed by atoms with Gasteiger partial charge in [0.05, 0.1) is 0 Å². The predicted molar refractivity (Wildman–Crippen MR) is 81.2 cm³/mol. The molecule has 0 N–H and O–H groups in total. The van der Waals surface area contributed by atoms with Gasteiger partial charge in [-0.2, -0.15) is 13.2 Å². The van der Waals surface area contributed by atoms with Crippen LogP contribution in [0.25, 0.3) is 0 Å². The molecule has 2 atom stereocenters. The van der Waals surface area contributed by atoms with Crippen molar-refractivity contribution in [1.82, 2.24) is 4.90 Å². The van der Waals surface area contributed by atoms with Crippen molar-refractivity contribution in [3.05, 3.63) is 35.6 Å². The summed E-state index contributed by atoms with van der Waals surface area (Å²) in [6, 6.07) is 6.64. The topological polar surface area (TPSA) is 12.5 Å². The van der Waals surface area contributed by atoms with Crippen molar-refractivity contribution in [2.45, 2.75) is 37.0 Å². The van der Waals surface area contributed by atoms with Gasteiger partial charge in [-0.05, 0) is 48.8 Å². The first kappa shape index (κ1) is 16.3. The molecule has 1 heterocycles. The minimum Gasteiger partial charge on any atom is -0.369 e. The van der Waals surface area contributed by atoms with Crippen LogP contribution in [0.3, 0.4) is 0 Å². The summed E-state index contributed by atoms with van der Waals surface area (Å²) in [5.41, 5.74) is -0.961. The summed E-state index contributed by atoms with van der Waals surface area (Å²) in [6.45, 7) is 2.40. The molecule has 2 nitrogen and oxygen atoms in total. The summed E-state index contributed by atoms with van der Waals surface area (Å²) < 4.78 is 57.0. The highest BCUT2D eigenvalue weighted by Crippen LogP contribution is 2.61. The summed E-state index contributed by atoms with van der Waals surface area (Å²) in [6.07, 6.45) is -3.03. The zero-order valence-electron chi connectivity index (χ0n) is 13.6. The van der Waals surface area contributed by atoms with E-state index < -0.39 is 11.8 Å². The second kappa shape index (κ2) is 5.18. The molecule has 3 fully saturated rings. The van der Waals surface area contributed by atoms with Crippen LogP contribution in [0, 0.1) is 17.2 Å². The highest BCUT2D eigenvalue weighted by molar-refractivity contribution is 5.26. The second-order valence-corrected chi connectivity index (χ2v) is 7.87. The first-order chi connectivity index (χ1) is 11.3. The van der Waals surface area contributed by atoms with E-state index in [0.717, 1.165) is 38.7 Å². The van der Waals surface area contributed by atoms with Crippen LogP contribution < -0.4 is 0 Å². The van der Waals surface area contributed by atoms with Gasteiger partial charge in [-0.3, -0.25) is 0 Å². The molecule has 132 valence electrons. The molecule has 2 saturated carbocycles. The second-order valence-electron chi connectivity index (χ2n) is 7.87. The van der Waals surface area contributed by atoms with E-state index in [0.29, 0.717) is 11.8 Å². The number of alkyl halides is 3. The molecule has 1 aliphatic heterocycles. The van der Waals surface area contributed by atoms with Crippen molar-refractivity contribution in [2.75, 3.05) is 26.7 Å². The van der Waals surface area contributed by atoms with Crippen molar-refractivity contribution in [3.63, 3.8) is 0 Å². The Bertz CT molecular complexity index is 613. The Labute approximate surface area is 138 Å². The van der Waals surface area contributed by atoms with E-state index in [1.54, 1.807) is 0 Å². The van der Waals surface area contributed by atoms with Gasteiger partial charge < -0.3 is 9.64 Å². The van der Waals surface area contributed by atoms with Crippen LogP contribution in [-0.2, 0) is 4.74 Å². The highest BCUT2D eigenvalue weighted by Gasteiger charge is 2.71. The summed E-state index contributed by atoms with van der Waals surface area (Å²) in [5.74, 6) is 0.788. The van der Waals surface area contributed by atoms with Crippen molar-refractivity contribution < 1.29 is 22.3 Å². The maximum Gasteiger partial charge on any atom is 0.417 e. The standard InChI is InChI=1S/C18H21F4NO/c1-24-17(18(20,21)22)8-16(9-17)10-23(11-16)7-13-6-15(13)12-2-4-14(19)5-3-12/h2-5,13,15H,6-11H2,1H3. The van der Waals surface area contributed by atoms with Crippen LogP contribution in [0.1, 0.15) is 30.7 Å². The number of benzene rings is 1. The molecule has 24 heavy (non-hydrogen) atoms. The summed E-state index contributed by atoms with van der Waals surface area (Å²) in [4.78, 5) is 2.25. The maximum atomic E-state index is 13.1.